The minimum atomic E-state index is -0.139. The number of thioether (sulfide) groups is 1. The number of hydrogen-bond acceptors (Lipinski definition) is 4. The molecule has 4 nitrogen and oxygen atoms in total. The highest BCUT2D eigenvalue weighted by Gasteiger charge is 2.24. The standard InChI is InChI=1S/C25H22N2O2S/c1-17-11-12-18(2)22(13-17)26-25-27-24(28)23(30-25)15-20-9-6-10-21(14-20)29-16-19-7-4-3-5-8-19/h3-15H,16H2,1-2H3,(H,26,27,28)/b23-15+. The van der Waals surface area contributed by atoms with E-state index in [9.17, 15) is 4.79 Å². The van der Waals surface area contributed by atoms with Gasteiger partial charge in [0.25, 0.3) is 5.91 Å². The van der Waals surface area contributed by atoms with Crippen LogP contribution >= 0.6 is 11.8 Å². The van der Waals surface area contributed by atoms with Crippen molar-refractivity contribution >= 4 is 34.6 Å². The molecule has 0 aromatic heterocycles. The van der Waals surface area contributed by atoms with Gasteiger partial charge in [-0.25, -0.2) is 4.99 Å². The first-order valence-electron chi connectivity index (χ1n) is 9.70. The Bertz CT molecular complexity index is 1140. The number of carbonyl (C=O) groups excluding carboxylic acids is 1. The van der Waals surface area contributed by atoms with Crippen molar-refractivity contribution in [3.8, 4) is 5.75 Å². The third kappa shape index (κ3) is 4.99. The largest absolute Gasteiger partial charge is 0.489 e. The Kier molecular flexibility index (Phi) is 6.00. The number of rotatable bonds is 5. The van der Waals surface area contributed by atoms with Crippen LogP contribution in [0.25, 0.3) is 6.08 Å². The van der Waals surface area contributed by atoms with E-state index in [0.29, 0.717) is 16.7 Å². The van der Waals surface area contributed by atoms with Gasteiger partial charge in [-0.1, -0.05) is 54.6 Å². The number of aliphatic imine (C=N–C) groups is 1. The van der Waals surface area contributed by atoms with Crippen molar-refractivity contribution in [3.63, 3.8) is 0 Å². The number of nitrogens with one attached hydrogen (secondary N) is 1. The van der Waals surface area contributed by atoms with Gasteiger partial charge in [0.15, 0.2) is 5.17 Å². The minimum Gasteiger partial charge on any atom is -0.489 e. The highest BCUT2D eigenvalue weighted by atomic mass is 32.2. The first-order chi connectivity index (χ1) is 14.6. The van der Waals surface area contributed by atoms with Gasteiger partial charge in [-0.05, 0) is 72.1 Å². The van der Waals surface area contributed by atoms with E-state index in [0.717, 1.165) is 33.7 Å². The fourth-order valence-electron chi connectivity index (χ4n) is 3.02. The molecule has 0 saturated carbocycles. The lowest BCUT2D eigenvalue weighted by Gasteiger charge is -2.07. The second-order valence-electron chi connectivity index (χ2n) is 7.12. The maximum atomic E-state index is 12.4. The lowest BCUT2D eigenvalue weighted by molar-refractivity contribution is -0.115. The summed E-state index contributed by atoms with van der Waals surface area (Å²) < 4.78 is 5.89. The average Bonchev–Trinajstić information content (AvgIpc) is 3.09. The Morgan fingerprint density at radius 1 is 1.00 bits per heavy atom. The number of benzene rings is 3. The molecule has 3 aromatic carbocycles. The van der Waals surface area contributed by atoms with Crippen LogP contribution in [0.2, 0.25) is 0 Å². The molecule has 1 N–H and O–H groups in total. The molecule has 0 bridgehead atoms. The molecule has 1 saturated heterocycles. The van der Waals surface area contributed by atoms with Gasteiger partial charge in [-0.3, -0.25) is 4.79 Å². The lowest BCUT2D eigenvalue weighted by atomic mass is 10.1. The summed E-state index contributed by atoms with van der Waals surface area (Å²) in [6.07, 6.45) is 1.86. The fourth-order valence-corrected chi connectivity index (χ4v) is 3.85. The zero-order valence-electron chi connectivity index (χ0n) is 16.9. The first-order valence-corrected chi connectivity index (χ1v) is 10.5. The predicted octanol–water partition coefficient (Wildman–Crippen LogP) is 5.77. The minimum absolute atomic E-state index is 0.139. The van der Waals surface area contributed by atoms with Crippen LogP contribution in [-0.4, -0.2) is 11.1 Å². The quantitative estimate of drug-likeness (QED) is 0.539. The summed E-state index contributed by atoms with van der Waals surface area (Å²) in [6.45, 7) is 4.54. The molecule has 1 amide bonds. The molecule has 1 heterocycles. The van der Waals surface area contributed by atoms with Crippen LogP contribution in [0, 0.1) is 13.8 Å². The van der Waals surface area contributed by atoms with Crippen LogP contribution in [0.5, 0.6) is 5.75 Å². The summed E-state index contributed by atoms with van der Waals surface area (Å²) in [5, 5.41) is 3.45. The maximum absolute atomic E-state index is 12.4. The Morgan fingerprint density at radius 3 is 2.67 bits per heavy atom. The number of hydrogen-bond donors (Lipinski definition) is 1. The van der Waals surface area contributed by atoms with Gasteiger partial charge in [-0.2, -0.15) is 0 Å². The maximum Gasteiger partial charge on any atom is 0.264 e. The summed E-state index contributed by atoms with van der Waals surface area (Å²) in [7, 11) is 0. The second-order valence-corrected chi connectivity index (χ2v) is 8.15. The van der Waals surface area contributed by atoms with E-state index < -0.39 is 0 Å². The Labute approximate surface area is 180 Å². The summed E-state index contributed by atoms with van der Waals surface area (Å²) >= 11 is 1.35. The molecule has 0 unspecified atom stereocenters. The lowest BCUT2D eigenvalue weighted by Crippen LogP contribution is -2.19. The number of amidine groups is 1. The molecule has 4 rings (SSSR count). The van der Waals surface area contributed by atoms with Crippen molar-refractivity contribution in [1.82, 2.24) is 5.32 Å². The zero-order valence-corrected chi connectivity index (χ0v) is 17.7. The van der Waals surface area contributed by atoms with Crippen molar-refractivity contribution in [2.24, 2.45) is 4.99 Å². The predicted molar refractivity (Wildman–Crippen MR) is 124 cm³/mol. The van der Waals surface area contributed by atoms with E-state index in [-0.39, 0.29) is 5.91 Å². The van der Waals surface area contributed by atoms with Crippen molar-refractivity contribution in [2.75, 3.05) is 0 Å². The van der Waals surface area contributed by atoms with Crippen molar-refractivity contribution in [2.45, 2.75) is 20.5 Å². The van der Waals surface area contributed by atoms with Gasteiger partial charge in [-0.15, -0.1) is 0 Å². The Morgan fingerprint density at radius 2 is 1.83 bits per heavy atom. The molecule has 30 heavy (non-hydrogen) atoms. The molecular weight excluding hydrogens is 392 g/mol. The van der Waals surface area contributed by atoms with Crippen LogP contribution in [0.15, 0.2) is 82.7 Å². The smallest absolute Gasteiger partial charge is 0.264 e. The third-order valence-electron chi connectivity index (χ3n) is 4.64. The number of ether oxygens (including phenoxy) is 1. The molecule has 3 aromatic rings. The molecule has 5 heteroatoms. The summed E-state index contributed by atoms with van der Waals surface area (Å²) in [6, 6.07) is 23.9. The number of aryl methyl sites for hydroxylation is 2. The number of nitrogens with zero attached hydrogens (tertiary/aromatic N) is 1. The summed E-state index contributed by atoms with van der Waals surface area (Å²) in [5.74, 6) is 0.626. The third-order valence-corrected chi connectivity index (χ3v) is 5.55. The van der Waals surface area contributed by atoms with Crippen molar-refractivity contribution in [1.29, 1.82) is 0 Å². The van der Waals surface area contributed by atoms with Crippen LogP contribution < -0.4 is 10.1 Å². The highest BCUT2D eigenvalue weighted by Crippen LogP contribution is 2.30. The molecule has 0 atom stereocenters. The van der Waals surface area contributed by atoms with Gasteiger partial charge in [0, 0.05) is 0 Å². The van der Waals surface area contributed by atoms with Crippen molar-refractivity contribution in [3.05, 3.63) is 100.0 Å². The zero-order chi connectivity index (χ0) is 20.9. The average molecular weight is 415 g/mol. The normalized spacial score (nSPS) is 16.1. The van der Waals surface area contributed by atoms with E-state index in [4.69, 9.17) is 4.74 Å². The fraction of sp³-hybridized carbons (Fsp3) is 0.120. The SMILES string of the molecule is Cc1ccc(C)c(N=C2NC(=O)/C(=C\c3cccc(OCc4ccccc4)c3)S2)c1. The van der Waals surface area contributed by atoms with Crippen LogP contribution in [0.3, 0.4) is 0 Å². The van der Waals surface area contributed by atoms with Gasteiger partial charge in [0.1, 0.15) is 12.4 Å². The Hall–Kier alpha value is -3.31. The second kappa shape index (κ2) is 9.01. The summed E-state index contributed by atoms with van der Waals surface area (Å²) in [4.78, 5) is 17.6. The van der Waals surface area contributed by atoms with Crippen LogP contribution in [-0.2, 0) is 11.4 Å². The number of carbonyl (C=O) groups is 1. The van der Waals surface area contributed by atoms with Gasteiger partial charge in [0.05, 0.1) is 10.6 Å². The van der Waals surface area contributed by atoms with Crippen LogP contribution in [0.4, 0.5) is 5.69 Å². The van der Waals surface area contributed by atoms with Gasteiger partial charge < -0.3 is 10.1 Å². The monoisotopic (exact) mass is 414 g/mol. The molecule has 0 aliphatic carbocycles. The Balaban J connectivity index is 1.49. The molecule has 0 spiro atoms. The van der Waals surface area contributed by atoms with E-state index in [1.165, 1.54) is 11.8 Å². The molecule has 150 valence electrons. The van der Waals surface area contributed by atoms with Gasteiger partial charge >= 0.3 is 0 Å². The molecule has 0 radical (unpaired) electrons. The van der Waals surface area contributed by atoms with E-state index in [1.807, 2.05) is 86.7 Å². The van der Waals surface area contributed by atoms with Crippen LogP contribution in [0.1, 0.15) is 22.3 Å². The molecule has 1 aliphatic heterocycles. The van der Waals surface area contributed by atoms with E-state index >= 15 is 0 Å². The van der Waals surface area contributed by atoms with E-state index in [1.54, 1.807) is 0 Å². The first kappa shape index (κ1) is 20.0. The van der Waals surface area contributed by atoms with E-state index in [2.05, 4.69) is 16.4 Å². The molecular formula is C25H22N2O2S. The van der Waals surface area contributed by atoms with Gasteiger partial charge in [0.2, 0.25) is 0 Å². The number of amides is 1. The highest BCUT2D eigenvalue weighted by molar-refractivity contribution is 8.18. The molecule has 1 aliphatic rings. The summed E-state index contributed by atoms with van der Waals surface area (Å²) in [5.41, 5.74) is 5.10. The topological polar surface area (TPSA) is 50.7 Å². The van der Waals surface area contributed by atoms with Crippen molar-refractivity contribution < 1.29 is 9.53 Å². The molecule has 1 fully saturated rings.